The molecule has 1 rings (SSSR count). The van der Waals surface area contributed by atoms with E-state index in [1.807, 2.05) is 0 Å². The van der Waals surface area contributed by atoms with Crippen molar-refractivity contribution in [3.8, 4) is 5.75 Å². The van der Waals surface area contributed by atoms with Crippen LogP contribution in [0.4, 0.5) is 0 Å². The molecule has 8 heteroatoms. The van der Waals surface area contributed by atoms with Crippen LogP contribution in [0.3, 0.4) is 0 Å². The van der Waals surface area contributed by atoms with Crippen LogP contribution in [0.1, 0.15) is 10.4 Å². The molecule has 0 unspecified atom stereocenters. The minimum atomic E-state index is -4.72. The van der Waals surface area contributed by atoms with Gasteiger partial charge in [0.05, 0.1) is 0 Å². The summed E-state index contributed by atoms with van der Waals surface area (Å²) >= 11 is 0. The van der Waals surface area contributed by atoms with Gasteiger partial charge in [0.1, 0.15) is 11.3 Å². The van der Waals surface area contributed by atoms with Gasteiger partial charge in [0.25, 0.3) is 0 Å². The van der Waals surface area contributed by atoms with Crippen molar-refractivity contribution in [3.05, 3.63) is 29.8 Å². The molecule has 0 saturated carbocycles. The van der Waals surface area contributed by atoms with Crippen LogP contribution in [0, 0.1) is 0 Å². The molecule has 0 heterocycles. The number of carboxylic acid groups (broad SMARTS) is 1. The third-order valence-corrected chi connectivity index (χ3v) is 1.77. The molecule has 0 saturated heterocycles. The van der Waals surface area contributed by atoms with Gasteiger partial charge < -0.3 is 9.63 Å². The average Bonchev–Trinajstić information content (AvgIpc) is 2.01. The summed E-state index contributed by atoms with van der Waals surface area (Å²) in [4.78, 5) is 27.5. The number of aromatic carboxylic acids is 1. The third-order valence-electron chi connectivity index (χ3n) is 1.33. The molecule has 0 spiro atoms. The summed E-state index contributed by atoms with van der Waals surface area (Å²) < 4.78 is 14.6. The molecule has 6 nitrogen and oxygen atoms in total. The van der Waals surface area contributed by atoms with Gasteiger partial charge in [-0.05, 0) is 12.1 Å². The van der Waals surface area contributed by atoms with Gasteiger partial charge in [-0.1, -0.05) is 12.1 Å². The summed E-state index contributed by atoms with van der Waals surface area (Å²) in [6.07, 6.45) is 0. The summed E-state index contributed by atoms with van der Waals surface area (Å²) in [6, 6.07) is 5.20. The van der Waals surface area contributed by atoms with E-state index < -0.39 is 13.8 Å². The molecule has 0 atom stereocenters. The molecule has 1 aromatic rings. The van der Waals surface area contributed by atoms with Crippen molar-refractivity contribution in [2.24, 2.45) is 0 Å². The van der Waals surface area contributed by atoms with E-state index in [9.17, 15) is 9.36 Å². The molecule has 0 aliphatic carbocycles. The van der Waals surface area contributed by atoms with Gasteiger partial charge >= 0.3 is 43.3 Å². The Bertz CT molecular complexity index is 400. The quantitative estimate of drug-likeness (QED) is 0.517. The van der Waals surface area contributed by atoms with Gasteiger partial charge in [-0.25, -0.2) is 9.36 Å². The average molecular weight is 242 g/mol. The third kappa shape index (κ3) is 4.79. The van der Waals surface area contributed by atoms with Crippen LogP contribution < -0.4 is 4.52 Å². The molecule has 0 aliphatic rings. The molecule has 0 aromatic heterocycles. The van der Waals surface area contributed by atoms with Crippen molar-refractivity contribution in [1.29, 1.82) is 0 Å². The standard InChI is InChI=1S/C7H7O6P.Na.H/c8-7(9)5-3-1-2-4-6(5)13-14(10,11)12;;/h1-4H,(H,8,9)(H2,10,11,12);;. The van der Waals surface area contributed by atoms with Crippen molar-refractivity contribution in [1.82, 2.24) is 0 Å². The molecule has 0 aliphatic heterocycles. The zero-order chi connectivity index (χ0) is 10.8. The van der Waals surface area contributed by atoms with Gasteiger partial charge in [-0.3, -0.25) is 9.79 Å². The van der Waals surface area contributed by atoms with E-state index in [2.05, 4.69) is 4.52 Å². The van der Waals surface area contributed by atoms with E-state index in [4.69, 9.17) is 14.9 Å². The Kier molecular flexibility index (Phi) is 5.51. The molecule has 0 bridgehead atoms. The molecule has 1 aromatic carbocycles. The normalized spacial score (nSPS) is 10.3. The van der Waals surface area contributed by atoms with E-state index in [1.165, 1.54) is 24.3 Å². The first-order chi connectivity index (χ1) is 6.40. The monoisotopic (exact) mass is 242 g/mol. The summed E-state index contributed by atoms with van der Waals surface area (Å²) in [5.74, 6) is -1.66. The molecule has 15 heavy (non-hydrogen) atoms. The number of rotatable bonds is 3. The Morgan fingerprint density at radius 3 is 2.27 bits per heavy atom. The Balaban J connectivity index is 0.00000196. The SMILES string of the molecule is O=C(O)c1ccccc1OP(=O)(O)O.[NaH]. The van der Waals surface area contributed by atoms with Crippen molar-refractivity contribution in [2.45, 2.75) is 0 Å². The van der Waals surface area contributed by atoms with Gasteiger partial charge in [-0.15, -0.1) is 0 Å². The zero-order valence-electron chi connectivity index (χ0n) is 6.82. The molecule has 3 N–H and O–H groups in total. The molecule has 0 radical (unpaired) electrons. The topological polar surface area (TPSA) is 104 Å². The predicted octanol–water partition coefficient (Wildman–Crippen LogP) is 0.208. The second-order valence-electron chi connectivity index (χ2n) is 2.38. The molecular weight excluding hydrogens is 234 g/mol. The van der Waals surface area contributed by atoms with Gasteiger partial charge in [0.15, 0.2) is 0 Å². The fourth-order valence-corrected chi connectivity index (χ4v) is 1.27. The van der Waals surface area contributed by atoms with Crippen molar-refractivity contribution >= 4 is 43.3 Å². The minimum absolute atomic E-state index is 0. The fraction of sp³-hybridized carbons (Fsp3) is 0. The maximum atomic E-state index is 10.6. The Labute approximate surface area is 107 Å². The number of phosphoric ester groups is 1. The summed E-state index contributed by atoms with van der Waals surface area (Å²) in [6.45, 7) is 0. The Hall–Kier alpha value is -0.360. The molecule has 0 amide bonds. The Morgan fingerprint density at radius 2 is 1.80 bits per heavy atom. The van der Waals surface area contributed by atoms with E-state index in [1.54, 1.807) is 0 Å². The first-order valence-corrected chi connectivity index (χ1v) is 5.00. The van der Waals surface area contributed by atoms with Crippen LogP contribution in [0.5, 0.6) is 5.75 Å². The van der Waals surface area contributed by atoms with Gasteiger partial charge in [0.2, 0.25) is 0 Å². The molecule has 0 fully saturated rings. The van der Waals surface area contributed by atoms with Crippen molar-refractivity contribution in [2.75, 3.05) is 0 Å². The van der Waals surface area contributed by atoms with Crippen LogP contribution in [0.25, 0.3) is 0 Å². The Morgan fingerprint density at radius 1 is 1.27 bits per heavy atom. The number of hydrogen-bond acceptors (Lipinski definition) is 3. The van der Waals surface area contributed by atoms with E-state index in [0.717, 1.165) is 0 Å². The van der Waals surface area contributed by atoms with Crippen molar-refractivity contribution in [3.63, 3.8) is 0 Å². The number of benzene rings is 1. The van der Waals surface area contributed by atoms with Crippen LogP contribution in [0.2, 0.25) is 0 Å². The fourth-order valence-electron chi connectivity index (χ4n) is 0.851. The second kappa shape index (κ2) is 5.65. The van der Waals surface area contributed by atoms with Crippen LogP contribution in [0.15, 0.2) is 24.3 Å². The zero-order valence-corrected chi connectivity index (χ0v) is 7.72. The van der Waals surface area contributed by atoms with Gasteiger partial charge in [-0.2, -0.15) is 0 Å². The predicted molar refractivity (Wildman–Crippen MR) is 53.2 cm³/mol. The van der Waals surface area contributed by atoms with Crippen molar-refractivity contribution < 1.29 is 28.8 Å². The number of carboxylic acids is 1. The van der Waals surface area contributed by atoms with Crippen LogP contribution in [-0.2, 0) is 4.57 Å². The second-order valence-corrected chi connectivity index (χ2v) is 3.55. The van der Waals surface area contributed by atoms with E-state index in [-0.39, 0.29) is 40.9 Å². The number of phosphoric acid groups is 1. The van der Waals surface area contributed by atoms with E-state index >= 15 is 0 Å². The van der Waals surface area contributed by atoms with Crippen LogP contribution in [-0.4, -0.2) is 50.4 Å². The number of carbonyl (C=O) groups is 1. The first-order valence-electron chi connectivity index (χ1n) is 3.47. The summed E-state index contributed by atoms with van der Waals surface area (Å²) in [5, 5.41) is 8.63. The molecule has 78 valence electrons. The number of hydrogen-bond donors (Lipinski definition) is 3. The number of para-hydroxylation sites is 1. The van der Waals surface area contributed by atoms with E-state index in [0.29, 0.717) is 0 Å². The maximum absolute atomic E-state index is 10.6. The van der Waals surface area contributed by atoms with Gasteiger partial charge in [0, 0.05) is 0 Å². The summed E-state index contributed by atoms with van der Waals surface area (Å²) in [7, 11) is -4.72. The molecular formula is C7H8NaO6P. The summed E-state index contributed by atoms with van der Waals surface area (Å²) in [5.41, 5.74) is -0.296. The van der Waals surface area contributed by atoms with Crippen LogP contribution >= 0.6 is 7.82 Å². The first kappa shape index (κ1) is 14.6.